The van der Waals surface area contributed by atoms with E-state index in [2.05, 4.69) is 5.32 Å². The Kier molecular flexibility index (Phi) is 7.18. The quantitative estimate of drug-likeness (QED) is 0.746. The van der Waals surface area contributed by atoms with Crippen molar-refractivity contribution >= 4 is 17.5 Å². The first-order valence-corrected chi connectivity index (χ1v) is 9.49. The number of rotatable bonds is 7. The topological polar surface area (TPSA) is 77.1 Å². The van der Waals surface area contributed by atoms with Crippen molar-refractivity contribution in [2.24, 2.45) is 0 Å². The summed E-state index contributed by atoms with van der Waals surface area (Å²) in [4.78, 5) is 26.4. The number of carbonyl (C=O) groups excluding carboxylic acids is 2. The molecule has 1 aliphatic rings. The van der Waals surface area contributed by atoms with Gasteiger partial charge in [0.05, 0.1) is 25.5 Å². The number of hydrogen-bond acceptors (Lipinski definition) is 5. The molecule has 0 unspecified atom stereocenters. The van der Waals surface area contributed by atoms with Gasteiger partial charge in [0, 0.05) is 24.7 Å². The van der Waals surface area contributed by atoms with Crippen LogP contribution in [0.15, 0.2) is 36.4 Å². The van der Waals surface area contributed by atoms with Crippen LogP contribution in [-0.2, 0) is 9.53 Å². The van der Waals surface area contributed by atoms with Crippen LogP contribution in [0.5, 0.6) is 11.5 Å². The summed E-state index contributed by atoms with van der Waals surface area (Å²) in [5, 5.41) is 2.39. The van der Waals surface area contributed by atoms with Gasteiger partial charge >= 0.3 is 0 Å². The summed E-state index contributed by atoms with van der Waals surface area (Å²) in [6, 6.07) is 7.29. The molecule has 30 heavy (non-hydrogen) atoms. The van der Waals surface area contributed by atoms with E-state index >= 15 is 0 Å². The Morgan fingerprint density at radius 3 is 2.53 bits per heavy atom. The van der Waals surface area contributed by atoms with E-state index in [-0.39, 0.29) is 29.5 Å². The van der Waals surface area contributed by atoms with E-state index in [0.717, 1.165) is 12.1 Å². The number of benzene rings is 2. The fraction of sp³-hybridized carbons (Fsp3) is 0.333. The van der Waals surface area contributed by atoms with E-state index < -0.39 is 17.5 Å². The van der Waals surface area contributed by atoms with Crippen LogP contribution in [-0.4, -0.2) is 56.2 Å². The van der Waals surface area contributed by atoms with Crippen LogP contribution in [0.4, 0.5) is 14.5 Å². The number of amides is 2. The van der Waals surface area contributed by atoms with E-state index in [1.165, 1.54) is 18.2 Å². The van der Waals surface area contributed by atoms with Crippen LogP contribution >= 0.6 is 0 Å². The van der Waals surface area contributed by atoms with E-state index in [4.69, 9.17) is 14.2 Å². The van der Waals surface area contributed by atoms with Gasteiger partial charge in [-0.15, -0.1) is 0 Å². The zero-order chi connectivity index (χ0) is 21.5. The summed E-state index contributed by atoms with van der Waals surface area (Å²) in [5.41, 5.74) is 0.0461. The van der Waals surface area contributed by atoms with Crippen LogP contribution in [0, 0.1) is 11.6 Å². The maximum atomic E-state index is 13.8. The molecule has 0 atom stereocenters. The van der Waals surface area contributed by atoms with E-state index in [0.29, 0.717) is 44.7 Å². The summed E-state index contributed by atoms with van der Waals surface area (Å²) in [6.07, 6.45) is 0. The van der Waals surface area contributed by atoms with Gasteiger partial charge in [0.25, 0.3) is 11.8 Å². The van der Waals surface area contributed by atoms with Gasteiger partial charge in [0.1, 0.15) is 11.6 Å². The Morgan fingerprint density at radius 2 is 1.83 bits per heavy atom. The SMILES string of the molecule is CCOc1cc(C(=O)Nc2ccc(F)cc2F)ccc1OCC(=O)N1CCOCC1. The molecule has 0 saturated carbocycles. The number of hydrogen-bond donors (Lipinski definition) is 1. The average molecular weight is 420 g/mol. The lowest BCUT2D eigenvalue weighted by Gasteiger charge is -2.26. The van der Waals surface area contributed by atoms with Gasteiger partial charge in [0.15, 0.2) is 18.1 Å². The zero-order valence-corrected chi connectivity index (χ0v) is 16.5. The van der Waals surface area contributed by atoms with Gasteiger partial charge in [-0.05, 0) is 37.3 Å². The second-order valence-corrected chi connectivity index (χ2v) is 6.45. The first-order valence-electron chi connectivity index (χ1n) is 9.49. The highest BCUT2D eigenvalue weighted by molar-refractivity contribution is 6.04. The molecular weight excluding hydrogens is 398 g/mol. The first-order chi connectivity index (χ1) is 14.5. The smallest absolute Gasteiger partial charge is 0.260 e. The molecular formula is C21H22F2N2O5. The lowest BCUT2D eigenvalue weighted by Crippen LogP contribution is -2.43. The van der Waals surface area contributed by atoms with Crippen molar-refractivity contribution in [2.45, 2.75) is 6.92 Å². The Bertz CT molecular complexity index is 916. The van der Waals surface area contributed by atoms with Crippen molar-refractivity contribution in [1.29, 1.82) is 0 Å². The van der Waals surface area contributed by atoms with Crippen molar-refractivity contribution in [1.82, 2.24) is 4.90 Å². The highest BCUT2D eigenvalue weighted by Crippen LogP contribution is 2.29. The number of morpholine rings is 1. The molecule has 160 valence electrons. The highest BCUT2D eigenvalue weighted by Gasteiger charge is 2.19. The number of nitrogens with one attached hydrogen (secondary N) is 1. The third kappa shape index (κ3) is 5.44. The van der Waals surface area contributed by atoms with E-state index in [1.54, 1.807) is 11.8 Å². The van der Waals surface area contributed by atoms with E-state index in [9.17, 15) is 18.4 Å². The third-order valence-corrected chi connectivity index (χ3v) is 4.40. The Hall–Kier alpha value is -3.20. The largest absolute Gasteiger partial charge is 0.490 e. The molecule has 0 bridgehead atoms. The van der Waals surface area contributed by atoms with Crippen LogP contribution in [0.2, 0.25) is 0 Å². The van der Waals surface area contributed by atoms with E-state index in [1.807, 2.05) is 0 Å². The molecule has 1 heterocycles. The van der Waals surface area contributed by atoms with Crippen molar-refractivity contribution < 1.29 is 32.6 Å². The number of ether oxygens (including phenoxy) is 3. The van der Waals surface area contributed by atoms with Gasteiger partial charge in [-0.3, -0.25) is 9.59 Å². The van der Waals surface area contributed by atoms with Crippen molar-refractivity contribution in [2.75, 3.05) is 44.8 Å². The fourth-order valence-electron chi connectivity index (χ4n) is 2.87. The number of halogens is 2. The van der Waals surface area contributed by atoms with Crippen LogP contribution in [0.25, 0.3) is 0 Å². The van der Waals surface area contributed by atoms with Crippen molar-refractivity contribution in [3.05, 3.63) is 53.6 Å². The molecule has 3 rings (SSSR count). The molecule has 1 N–H and O–H groups in total. The van der Waals surface area contributed by atoms with Gasteiger partial charge in [0.2, 0.25) is 0 Å². The first kappa shape index (κ1) is 21.5. The Labute approximate surface area is 172 Å². The predicted octanol–water partition coefficient (Wildman–Crippen LogP) is 2.85. The molecule has 2 aromatic rings. The van der Waals surface area contributed by atoms with Crippen molar-refractivity contribution in [3.8, 4) is 11.5 Å². The van der Waals surface area contributed by atoms with Crippen LogP contribution in [0.3, 0.4) is 0 Å². The maximum Gasteiger partial charge on any atom is 0.260 e. The monoisotopic (exact) mass is 420 g/mol. The van der Waals surface area contributed by atoms with Crippen LogP contribution < -0.4 is 14.8 Å². The summed E-state index contributed by atoms with van der Waals surface area (Å²) in [7, 11) is 0. The number of carbonyl (C=O) groups is 2. The Balaban J connectivity index is 1.69. The van der Waals surface area contributed by atoms with Gasteiger partial charge in [-0.25, -0.2) is 8.78 Å². The molecule has 1 aliphatic heterocycles. The molecule has 0 aromatic heterocycles. The second-order valence-electron chi connectivity index (χ2n) is 6.45. The Morgan fingerprint density at radius 1 is 1.07 bits per heavy atom. The zero-order valence-electron chi connectivity index (χ0n) is 16.5. The summed E-state index contributed by atoms with van der Waals surface area (Å²) in [6.45, 7) is 3.92. The molecule has 0 radical (unpaired) electrons. The van der Waals surface area contributed by atoms with Gasteiger partial charge in [-0.2, -0.15) is 0 Å². The lowest BCUT2D eigenvalue weighted by molar-refractivity contribution is -0.137. The maximum absolute atomic E-state index is 13.8. The summed E-state index contributed by atoms with van der Waals surface area (Å²) < 4.78 is 43.1. The molecule has 7 nitrogen and oxygen atoms in total. The minimum atomic E-state index is -0.880. The minimum absolute atomic E-state index is 0.143. The lowest BCUT2D eigenvalue weighted by atomic mass is 10.1. The summed E-state index contributed by atoms with van der Waals surface area (Å²) in [5.74, 6) is -1.80. The molecule has 1 fully saturated rings. The highest BCUT2D eigenvalue weighted by atomic mass is 19.1. The standard InChI is InChI=1S/C21H22F2N2O5/c1-2-29-19-11-14(21(27)24-17-5-4-15(22)12-16(17)23)3-6-18(19)30-13-20(26)25-7-9-28-10-8-25/h3-6,11-12H,2,7-10,13H2,1H3,(H,24,27). The molecule has 1 saturated heterocycles. The number of anilines is 1. The fourth-order valence-corrected chi connectivity index (χ4v) is 2.87. The van der Waals surface area contributed by atoms with Gasteiger partial charge < -0.3 is 24.4 Å². The molecule has 9 heteroatoms. The van der Waals surface area contributed by atoms with Crippen molar-refractivity contribution in [3.63, 3.8) is 0 Å². The number of nitrogens with zero attached hydrogens (tertiary/aromatic N) is 1. The average Bonchev–Trinajstić information content (AvgIpc) is 2.75. The van der Waals surface area contributed by atoms with Gasteiger partial charge in [-0.1, -0.05) is 0 Å². The van der Waals surface area contributed by atoms with Crippen LogP contribution in [0.1, 0.15) is 17.3 Å². The molecule has 2 aromatic carbocycles. The second kappa shape index (κ2) is 10.0. The summed E-state index contributed by atoms with van der Waals surface area (Å²) >= 11 is 0. The normalized spacial score (nSPS) is 13.6. The molecule has 0 spiro atoms. The molecule has 2 amide bonds. The molecule has 0 aliphatic carbocycles. The predicted molar refractivity (Wildman–Crippen MR) is 105 cm³/mol. The minimum Gasteiger partial charge on any atom is -0.490 e. The third-order valence-electron chi connectivity index (χ3n) is 4.40.